The van der Waals surface area contributed by atoms with Gasteiger partial charge in [0.05, 0.1) is 0 Å². The molecule has 0 aliphatic heterocycles. The zero-order chi connectivity index (χ0) is 19.3. The topological polar surface area (TPSA) is 31.6 Å². The van der Waals surface area contributed by atoms with E-state index >= 15 is 0 Å². The molecular weight excluding hydrogens is 347 g/mol. The molecule has 4 heteroatoms. The van der Waals surface area contributed by atoms with E-state index in [-0.39, 0.29) is 0 Å². The number of unbranched alkanes of at least 4 members (excludes halogenated alkanes) is 2. The number of furan rings is 1. The summed E-state index contributed by atoms with van der Waals surface area (Å²) in [6.45, 7) is 5.71. The summed E-state index contributed by atoms with van der Waals surface area (Å²) in [7, 11) is -0.411. The Morgan fingerprint density at radius 2 is 1.46 bits per heavy atom. The monoisotopic (exact) mass is 374 g/mol. The summed E-state index contributed by atoms with van der Waals surface area (Å²) in [6.07, 6.45) is 4.23. The van der Waals surface area contributed by atoms with Gasteiger partial charge in [0, 0.05) is 29.4 Å². The lowest BCUT2D eigenvalue weighted by Gasteiger charge is -2.16. The van der Waals surface area contributed by atoms with Gasteiger partial charge in [-0.25, -0.2) is 0 Å². The Balaban J connectivity index is 1.89. The quantitative estimate of drug-likeness (QED) is 0.263. The van der Waals surface area contributed by atoms with Gasteiger partial charge in [0.25, 0.3) is 0 Å². The van der Waals surface area contributed by atoms with E-state index in [4.69, 9.17) is 13.7 Å². The van der Waals surface area contributed by atoms with Crippen LogP contribution in [0.3, 0.4) is 0 Å². The normalized spacial score (nSPS) is 11.6. The van der Waals surface area contributed by atoms with Crippen molar-refractivity contribution in [3.05, 3.63) is 54.6 Å². The summed E-state index contributed by atoms with van der Waals surface area (Å²) in [6, 6.07) is 18.9. The highest BCUT2D eigenvalue weighted by atomic mass is 16.6. The minimum Gasteiger partial charge on any atom is -0.456 e. The molecule has 3 aromatic carbocycles. The van der Waals surface area contributed by atoms with Crippen LogP contribution in [0, 0.1) is 0 Å². The number of hydrogen-bond acceptors (Lipinski definition) is 3. The van der Waals surface area contributed by atoms with Crippen LogP contribution in [0.5, 0.6) is 0 Å². The van der Waals surface area contributed by atoms with Crippen molar-refractivity contribution in [3.8, 4) is 0 Å². The first-order valence-corrected chi connectivity index (χ1v) is 10.4. The molecule has 28 heavy (non-hydrogen) atoms. The summed E-state index contributed by atoms with van der Waals surface area (Å²) < 4.78 is 18.7. The molecule has 144 valence electrons. The van der Waals surface area contributed by atoms with Crippen molar-refractivity contribution in [2.75, 3.05) is 13.2 Å². The average Bonchev–Trinajstić information content (AvgIpc) is 3.12. The molecule has 0 unspecified atom stereocenters. The Bertz CT molecular complexity index is 1060. The molecule has 0 fully saturated rings. The summed E-state index contributed by atoms with van der Waals surface area (Å²) in [5.74, 6) is 0. The lowest BCUT2D eigenvalue weighted by Crippen LogP contribution is -2.38. The van der Waals surface area contributed by atoms with Crippen molar-refractivity contribution in [2.24, 2.45) is 0 Å². The molecule has 0 saturated carbocycles. The van der Waals surface area contributed by atoms with Crippen molar-refractivity contribution in [2.45, 2.75) is 39.5 Å². The summed E-state index contributed by atoms with van der Waals surface area (Å²) in [5.41, 5.74) is 2.76. The number of benzene rings is 3. The molecule has 0 atom stereocenters. The van der Waals surface area contributed by atoms with Crippen molar-refractivity contribution < 1.29 is 13.7 Å². The van der Waals surface area contributed by atoms with E-state index in [2.05, 4.69) is 56.3 Å². The highest BCUT2D eigenvalue weighted by Crippen LogP contribution is 2.33. The SMILES string of the molecule is CCCCOB(OCCCC)c1cc2ccccc2c2c1oc1ccccc12. The van der Waals surface area contributed by atoms with E-state index in [0.29, 0.717) is 13.2 Å². The van der Waals surface area contributed by atoms with E-state index in [9.17, 15) is 0 Å². The van der Waals surface area contributed by atoms with Gasteiger partial charge >= 0.3 is 7.12 Å². The third-order valence-corrected chi connectivity index (χ3v) is 5.19. The lowest BCUT2D eigenvalue weighted by molar-refractivity contribution is 0.202. The molecule has 0 aliphatic carbocycles. The van der Waals surface area contributed by atoms with Crippen LogP contribution in [-0.2, 0) is 9.31 Å². The molecule has 0 bridgehead atoms. The van der Waals surface area contributed by atoms with Crippen molar-refractivity contribution in [3.63, 3.8) is 0 Å². The van der Waals surface area contributed by atoms with Crippen LogP contribution in [0.15, 0.2) is 59.0 Å². The van der Waals surface area contributed by atoms with E-state index in [0.717, 1.165) is 53.1 Å². The Labute approximate surface area is 166 Å². The predicted molar refractivity (Wildman–Crippen MR) is 118 cm³/mol. The zero-order valence-corrected chi connectivity index (χ0v) is 16.7. The highest BCUT2D eigenvalue weighted by Gasteiger charge is 2.27. The Kier molecular flexibility index (Phi) is 5.99. The van der Waals surface area contributed by atoms with Crippen LogP contribution in [0.25, 0.3) is 32.7 Å². The van der Waals surface area contributed by atoms with Gasteiger partial charge in [-0.2, -0.15) is 0 Å². The molecule has 4 aromatic rings. The Morgan fingerprint density at radius 3 is 2.18 bits per heavy atom. The van der Waals surface area contributed by atoms with Crippen LogP contribution in [0.4, 0.5) is 0 Å². The maximum Gasteiger partial charge on any atom is 0.497 e. The van der Waals surface area contributed by atoms with Gasteiger partial charge in [-0.3, -0.25) is 0 Å². The standard InChI is InChI=1S/C24H27BO3/c1-3-5-15-26-25(27-16-6-4-2)21-17-18-11-7-8-12-19(18)23-20-13-9-10-14-22(20)28-24(21)23/h7-14,17H,3-6,15-16H2,1-2H3. The van der Waals surface area contributed by atoms with Crippen LogP contribution in [0.2, 0.25) is 0 Å². The molecule has 3 nitrogen and oxygen atoms in total. The van der Waals surface area contributed by atoms with Gasteiger partial charge in [-0.1, -0.05) is 75.2 Å². The summed E-state index contributed by atoms with van der Waals surface area (Å²) in [4.78, 5) is 0. The number of hydrogen-bond donors (Lipinski definition) is 0. The number of para-hydroxylation sites is 1. The number of rotatable bonds is 9. The van der Waals surface area contributed by atoms with E-state index in [1.54, 1.807) is 0 Å². The van der Waals surface area contributed by atoms with Gasteiger partial charge in [-0.05, 0) is 29.7 Å². The molecule has 0 N–H and O–H groups in total. The van der Waals surface area contributed by atoms with Gasteiger partial charge in [0.15, 0.2) is 0 Å². The average molecular weight is 374 g/mol. The Hall–Kier alpha value is -2.30. The third-order valence-electron chi connectivity index (χ3n) is 5.19. The van der Waals surface area contributed by atoms with Crippen LogP contribution in [0.1, 0.15) is 39.5 Å². The third kappa shape index (κ3) is 3.67. The molecule has 0 aliphatic rings. The van der Waals surface area contributed by atoms with Crippen molar-refractivity contribution in [1.82, 2.24) is 0 Å². The largest absolute Gasteiger partial charge is 0.497 e. The first kappa shape index (κ1) is 19.0. The highest BCUT2D eigenvalue weighted by molar-refractivity contribution is 6.65. The van der Waals surface area contributed by atoms with Crippen molar-refractivity contribution in [1.29, 1.82) is 0 Å². The second-order valence-electron chi connectivity index (χ2n) is 7.27. The fraction of sp³-hybridized carbons (Fsp3) is 0.333. The van der Waals surface area contributed by atoms with E-state index in [1.807, 2.05) is 12.1 Å². The van der Waals surface area contributed by atoms with Crippen LogP contribution in [-0.4, -0.2) is 20.3 Å². The van der Waals surface area contributed by atoms with E-state index < -0.39 is 7.12 Å². The lowest BCUT2D eigenvalue weighted by atomic mass is 9.76. The maximum absolute atomic E-state index is 6.33. The van der Waals surface area contributed by atoms with E-state index in [1.165, 1.54) is 10.8 Å². The molecule has 0 radical (unpaired) electrons. The predicted octanol–water partition coefficient (Wildman–Crippen LogP) is 6.07. The minimum atomic E-state index is -0.411. The molecule has 1 heterocycles. The molecular formula is C24H27BO3. The minimum absolute atomic E-state index is 0.411. The fourth-order valence-corrected chi connectivity index (χ4v) is 3.67. The molecule has 0 saturated heterocycles. The molecule has 0 amide bonds. The Morgan fingerprint density at radius 1 is 0.821 bits per heavy atom. The van der Waals surface area contributed by atoms with Crippen LogP contribution < -0.4 is 5.46 Å². The van der Waals surface area contributed by atoms with Gasteiger partial charge < -0.3 is 13.7 Å². The molecule has 0 spiro atoms. The smallest absolute Gasteiger partial charge is 0.456 e. The summed E-state index contributed by atoms with van der Waals surface area (Å²) >= 11 is 0. The molecule has 1 aromatic heterocycles. The zero-order valence-electron chi connectivity index (χ0n) is 16.7. The van der Waals surface area contributed by atoms with Crippen LogP contribution >= 0.6 is 0 Å². The second kappa shape index (κ2) is 8.81. The van der Waals surface area contributed by atoms with Crippen molar-refractivity contribution >= 4 is 45.3 Å². The summed E-state index contributed by atoms with van der Waals surface area (Å²) in [5, 5.41) is 4.66. The number of fused-ring (bicyclic) bond motifs is 5. The van der Waals surface area contributed by atoms with Gasteiger partial charge in [0.2, 0.25) is 0 Å². The molecule has 4 rings (SSSR count). The maximum atomic E-state index is 6.33. The first-order valence-electron chi connectivity index (χ1n) is 10.4. The fourth-order valence-electron chi connectivity index (χ4n) is 3.67. The second-order valence-corrected chi connectivity index (χ2v) is 7.27. The van der Waals surface area contributed by atoms with Gasteiger partial charge in [-0.15, -0.1) is 0 Å². The van der Waals surface area contributed by atoms with Gasteiger partial charge in [0.1, 0.15) is 11.2 Å². The first-order chi connectivity index (χ1) is 13.8.